The van der Waals surface area contributed by atoms with E-state index >= 15 is 0 Å². The number of carbonyl (C=O) groups is 1. The molecule has 19 nitrogen and oxygen atoms in total. The quantitative estimate of drug-likeness (QED) is 0.0252. The minimum absolute atomic E-state index is 0.234. The molecular weight excluding hydrogens is 1190 g/mol. The molecule has 17 atom stereocenters. The normalized spacial score (nSPS) is 27.4. The van der Waals surface area contributed by atoms with Gasteiger partial charge in [-0.25, -0.2) is 0 Å². The van der Waals surface area contributed by atoms with Crippen molar-refractivity contribution in [1.82, 2.24) is 5.32 Å². The summed E-state index contributed by atoms with van der Waals surface area (Å²) in [4.78, 5) is 13.5. The van der Waals surface area contributed by atoms with Crippen molar-refractivity contribution in [3.05, 3.63) is 0 Å². The number of aliphatic hydroxyl groups excluding tert-OH is 11. The maximum atomic E-state index is 13.5. The number of aliphatic hydroxyl groups is 11. The van der Waals surface area contributed by atoms with Gasteiger partial charge >= 0.3 is 0 Å². The molecule has 3 rings (SSSR count). The summed E-state index contributed by atoms with van der Waals surface area (Å²) in [5, 5.41) is 121. The van der Waals surface area contributed by atoms with Crippen molar-refractivity contribution in [1.29, 1.82) is 0 Å². The van der Waals surface area contributed by atoms with Crippen molar-refractivity contribution in [3.8, 4) is 0 Å². The highest BCUT2D eigenvalue weighted by atomic mass is 16.8. The lowest BCUT2D eigenvalue weighted by Crippen LogP contribution is -2.66. The number of unbranched alkanes of at least 4 members (excludes halogenated alkanes) is 46. The van der Waals surface area contributed by atoms with Gasteiger partial charge in [-0.1, -0.05) is 316 Å². The fraction of sp³-hybridized carbons (Fsp3) is 0.986. The lowest BCUT2D eigenvalue weighted by molar-refractivity contribution is -0.379. The zero-order valence-corrected chi connectivity index (χ0v) is 58.8. The van der Waals surface area contributed by atoms with Gasteiger partial charge in [0, 0.05) is 6.42 Å². The maximum absolute atomic E-state index is 13.5. The molecule has 0 aromatic rings. The number of carbonyl (C=O) groups excluding carboxylic acids is 1. The van der Waals surface area contributed by atoms with Crippen LogP contribution < -0.4 is 5.32 Å². The summed E-state index contributed by atoms with van der Waals surface area (Å²) in [6.45, 7) is 1.85. The second-order valence-corrected chi connectivity index (χ2v) is 28.2. The smallest absolute Gasteiger partial charge is 0.220 e. The van der Waals surface area contributed by atoms with Crippen LogP contribution >= 0.6 is 0 Å². The van der Waals surface area contributed by atoms with Crippen LogP contribution in [0.4, 0.5) is 0 Å². The Morgan fingerprint density at radius 3 is 0.935 bits per heavy atom. The van der Waals surface area contributed by atoms with Gasteiger partial charge in [0.2, 0.25) is 5.91 Å². The third-order valence-corrected chi connectivity index (χ3v) is 19.9. The van der Waals surface area contributed by atoms with E-state index in [1.54, 1.807) is 0 Å². The number of amides is 1. The van der Waals surface area contributed by atoms with E-state index in [0.29, 0.717) is 12.8 Å². The molecule has 17 unspecified atom stereocenters. The van der Waals surface area contributed by atoms with E-state index in [9.17, 15) is 61.0 Å². The Morgan fingerprint density at radius 2 is 0.613 bits per heavy atom. The van der Waals surface area contributed by atoms with Crippen LogP contribution in [0.5, 0.6) is 0 Å². The van der Waals surface area contributed by atoms with Gasteiger partial charge in [0.05, 0.1) is 38.6 Å². The zero-order chi connectivity index (χ0) is 67.5. The summed E-state index contributed by atoms with van der Waals surface area (Å²) < 4.78 is 34.5. The van der Waals surface area contributed by atoms with Crippen molar-refractivity contribution in [3.63, 3.8) is 0 Å². The number of ether oxygens (including phenoxy) is 6. The second-order valence-electron chi connectivity index (χ2n) is 28.2. The van der Waals surface area contributed by atoms with Crippen LogP contribution in [-0.2, 0) is 33.2 Å². The Hall–Kier alpha value is -1.21. The zero-order valence-electron chi connectivity index (χ0n) is 58.8. The van der Waals surface area contributed by atoms with E-state index < -0.39 is 124 Å². The van der Waals surface area contributed by atoms with E-state index in [1.807, 2.05) is 0 Å². The van der Waals surface area contributed by atoms with E-state index in [1.165, 1.54) is 257 Å². The first-order valence-corrected chi connectivity index (χ1v) is 38.8. The number of rotatable bonds is 62. The molecule has 0 saturated carbocycles. The van der Waals surface area contributed by atoms with E-state index in [4.69, 9.17) is 28.4 Å². The van der Waals surface area contributed by atoms with E-state index in [0.717, 1.165) is 44.9 Å². The molecule has 93 heavy (non-hydrogen) atoms. The van der Waals surface area contributed by atoms with E-state index in [-0.39, 0.29) is 18.9 Å². The highest BCUT2D eigenvalue weighted by Gasteiger charge is 2.54. The van der Waals surface area contributed by atoms with Crippen LogP contribution in [0.15, 0.2) is 0 Å². The molecule has 12 N–H and O–H groups in total. The van der Waals surface area contributed by atoms with Crippen LogP contribution in [0.25, 0.3) is 0 Å². The SMILES string of the molecule is CCCCCCCCCCCCCCCCCCCCCCCCCCCCCCCCCCCC(=O)NC(COC1OC(CO)C(OC2OC(CO)C(OC3OC(CO)C(O)C(O)C3O)C(O)C2O)C(O)C1O)C(O)CCCCCCCCCCCCCCCCC. The molecule has 0 aromatic heterocycles. The van der Waals surface area contributed by atoms with Crippen molar-refractivity contribution < 1.29 is 89.4 Å². The molecule has 3 heterocycles. The highest BCUT2D eigenvalue weighted by Crippen LogP contribution is 2.33. The van der Waals surface area contributed by atoms with Gasteiger partial charge in [-0.3, -0.25) is 4.79 Å². The predicted molar refractivity (Wildman–Crippen MR) is 365 cm³/mol. The lowest BCUT2D eigenvalue weighted by atomic mass is 9.96. The first-order valence-electron chi connectivity index (χ1n) is 38.8. The lowest BCUT2D eigenvalue weighted by Gasteiger charge is -2.48. The van der Waals surface area contributed by atoms with Crippen molar-refractivity contribution >= 4 is 5.91 Å². The summed E-state index contributed by atoms with van der Waals surface area (Å²) in [6.07, 6.45) is 36.4. The summed E-state index contributed by atoms with van der Waals surface area (Å²) in [5.74, 6) is -0.234. The van der Waals surface area contributed by atoms with Crippen LogP contribution in [0.3, 0.4) is 0 Å². The van der Waals surface area contributed by atoms with Crippen molar-refractivity contribution in [2.45, 2.75) is 439 Å². The fourth-order valence-electron chi connectivity index (χ4n) is 13.7. The van der Waals surface area contributed by atoms with Gasteiger partial charge in [0.25, 0.3) is 0 Å². The molecule has 0 bridgehead atoms. The molecule has 3 fully saturated rings. The predicted octanol–water partition coefficient (Wildman–Crippen LogP) is 11.8. The van der Waals surface area contributed by atoms with Crippen LogP contribution in [-0.4, -0.2) is 193 Å². The van der Waals surface area contributed by atoms with Crippen LogP contribution in [0.1, 0.15) is 335 Å². The maximum Gasteiger partial charge on any atom is 0.220 e. The Bertz CT molecular complexity index is 1690. The van der Waals surface area contributed by atoms with Gasteiger partial charge < -0.3 is 89.9 Å². The largest absolute Gasteiger partial charge is 0.394 e. The summed E-state index contributed by atoms with van der Waals surface area (Å²) in [7, 11) is 0. The van der Waals surface area contributed by atoms with E-state index in [2.05, 4.69) is 19.2 Å². The molecule has 0 radical (unpaired) electrons. The molecule has 3 saturated heterocycles. The Balaban J connectivity index is 1.33. The average Bonchev–Trinajstić information content (AvgIpc) is 0.902. The van der Waals surface area contributed by atoms with Crippen molar-refractivity contribution in [2.24, 2.45) is 0 Å². The summed E-state index contributed by atoms with van der Waals surface area (Å²) in [6, 6.07) is -0.882. The summed E-state index contributed by atoms with van der Waals surface area (Å²) >= 11 is 0. The minimum Gasteiger partial charge on any atom is -0.394 e. The molecule has 1 amide bonds. The Labute approximate surface area is 563 Å². The number of hydrogen-bond donors (Lipinski definition) is 12. The first kappa shape index (κ1) is 86.0. The third-order valence-electron chi connectivity index (χ3n) is 19.9. The Morgan fingerprint density at radius 1 is 0.344 bits per heavy atom. The van der Waals surface area contributed by atoms with Crippen LogP contribution in [0, 0.1) is 0 Å². The molecule has 3 aliphatic heterocycles. The molecule has 3 aliphatic rings. The third kappa shape index (κ3) is 37.7. The summed E-state index contributed by atoms with van der Waals surface area (Å²) in [5.41, 5.74) is 0. The standard InChI is InChI=1S/C74H143NO18/c1-3-5-7-9-11-13-15-17-19-20-21-22-23-24-25-26-27-28-29-30-31-32-33-34-35-36-38-40-42-44-46-48-50-52-62(80)75-57(58(79)51-49-47-45-43-41-39-37-18-16-14-12-10-8-6-4-2)56-88-72-68(86)65(83)70(60(54-77)90-72)93-74-69(87)66(84)71(61(55-78)91-74)92-73-67(85)64(82)63(81)59(53-76)89-73/h57-61,63-74,76-79,81-87H,3-56H2,1-2H3,(H,75,80). The number of nitrogens with one attached hydrogen (secondary N) is 1. The topological polar surface area (TPSA) is 307 Å². The van der Waals surface area contributed by atoms with Gasteiger partial charge in [0.1, 0.15) is 73.2 Å². The Kier molecular flexibility index (Phi) is 52.3. The van der Waals surface area contributed by atoms with Crippen LogP contribution in [0.2, 0.25) is 0 Å². The molecule has 19 heteroatoms. The average molecular weight is 1330 g/mol. The fourth-order valence-corrected chi connectivity index (χ4v) is 13.7. The van der Waals surface area contributed by atoms with Gasteiger partial charge in [-0.15, -0.1) is 0 Å². The molecule has 0 spiro atoms. The van der Waals surface area contributed by atoms with Crippen molar-refractivity contribution in [2.75, 3.05) is 26.4 Å². The molecular formula is C74H143NO18. The monoisotopic (exact) mass is 1330 g/mol. The second kappa shape index (κ2) is 56.5. The number of hydrogen-bond acceptors (Lipinski definition) is 18. The molecule has 0 aliphatic carbocycles. The first-order chi connectivity index (χ1) is 45.3. The van der Waals surface area contributed by atoms with Gasteiger partial charge in [-0.05, 0) is 12.8 Å². The highest BCUT2D eigenvalue weighted by molar-refractivity contribution is 5.76. The minimum atomic E-state index is -1.97. The van der Waals surface area contributed by atoms with Gasteiger partial charge in [-0.2, -0.15) is 0 Å². The molecule has 0 aromatic carbocycles. The van der Waals surface area contributed by atoms with Gasteiger partial charge in [0.15, 0.2) is 18.9 Å². The molecule has 552 valence electrons.